The Kier molecular flexibility index (Phi) is 7.32. The molecule has 0 amide bonds. The number of hydrogen-bond acceptors (Lipinski definition) is 1. The van der Waals surface area contributed by atoms with E-state index in [0.29, 0.717) is 0 Å². The topological polar surface area (TPSA) is 18.1 Å². The number of nitrogens with zero attached hydrogens (tertiary/aromatic N) is 1. The van der Waals surface area contributed by atoms with Crippen LogP contribution < -0.4 is 0 Å². The summed E-state index contributed by atoms with van der Waals surface area (Å²) in [4.78, 5) is 0. The molecule has 312 valence electrons. The van der Waals surface area contributed by atoms with Crippen LogP contribution in [-0.2, 0) is 5.41 Å². The average molecular weight is 852 g/mol. The van der Waals surface area contributed by atoms with E-state index in [-0.39, 0.29) is 5.41 Å². The Bertz CT molecular complexity index is 4450. The SMILES string of the molecule is CC1(C)c2ccccc2-c2c1cc(-c1ccc3oc4ccc(-c5ccc6c(c5)c5ccccc5c5c6ccc6c7cc8ccccc8cc7n(-c7ccccc7)c65)cc4c3c1)c1ccccc21. The Morgan fingerprint density at radius 1 is 0.358 bits per heavy atom. The fourth-order valence-corrected chi connectivity index (χ4v) is 12.2. The van der Waals surface area contributed by atoms with Crippen molar-refractivity contribution < 1.29 is 4.42 Å². The first-order valence-corrected chi connectivity index (χ1v) is 23.4. The van der Waals surface area contributed by atoms with Crippen molar-refractivity contribution in [1.29, 1.82) is 0 Å². The highest BCUT2D eigenvalue weighted by Crippen LogP contribution is 2.53. The Labute approximate surface area is 386 Å². The predicted molar refractivity (Wildman–Crippen MR) is 284 cm³/mol. The molecule has 15 rings (SSSR count). The fourth-order valence-electron chi connectivity index (χ4n) is 12.2. The zero-order valence-corrected chi connectivity index (χ0v) is 37.1. The third-order valence-electron chi connectivity index (χ3n) is 15.3. The van der Waals surface area contributed by atoms with E-state index in [1.54, 1.807) is 0 Å². The number of aromatic nitrogens is 1. The van der Waals surface area contributed by atoms with E-state index in [1.165, 1.54) is 120 Å². The number of hydrogen-bond donors (Lipinski definition) is 0. The summed E-state index contributed by atoms with van der Waals surface area (Å²) in [5.41, 5.74) is 15.6. The van der Waals surface area contributed by atoms with Gasteiger partial charge in [0, 0.05) is 38.0 Å². The molecule has 0 radical (unpaired) electrons. The van der Waals surface area contributed by atoms with Gasteiger partial charge in [-0.15, -0.1) is 0 Å². The quantitative estimate of drug-likeness (QED) is 0.162. The molecule has 14 aromatic rings. The van der Waals surface area contributed by atoms with E-state index < -0.39 is 0 Å². The summed E-state index contributed by atoms with van der Waals surface area (Å²) in [6, 6.07) is 78.9. The molecule has 1 aliphatic rings. The summed E-state index contributed by atoms with van der Waals surface area (Å²) < 4.78 is 9.06. The lowest BCUT2D eigenvalue weighted by molar-refractivity contribution is 0.661. The number of para-hydroxylation sites is 1. The monoisotopic (exact) mass is 851 g/mol. The molecular weight excluding hydrogens is 811 g/mol. The Balaban J connectivity index is 0.923. The molecule has 0 saturated carbocycles. The molecule has 67 heavy (non-hydrogen) atoms. The molecule has 0 bridgehead atoms. The first kappa shape index (κ1) is 36.8. The van der Waals surface area contributed by atoms with Crippen LogP contribution in [0, 0.1) is 0 Å². The lowest BCUT2D eigenvalue weighted by Crippen LogP contribution is -2.15. The van der Waals surface area contributed by atoms with Gasteiger partial charge in [-0.25, -0.2) is 0 Å². The Morgan fingerprint density at radius 2 is 0.925 bits per heavy atom. The normalized spacial score (nSPS) is 13.3. The van der Waals surface area contributed by atoms with Crippen molar-refractivity contribution in [2.24, 2.45) is 0 Å². The molecule has 0 aliphatic heterocycles. The fraction of sp³-hybridized carbons (Fsp3) is 0.0462. The second-order valence-electron chi connectivity index (χ2n) is 19.2. The summed E-state index contributed by atoms with van der Waals surface area (Å²) in [7, 11) is 0. The first-order chi connectivity index (χ1) is 33.0. The Morgan fingerprint density at radius 3 is 1.73 bits per heavy atom. The lowest BCUT2D eigenvalue weighted by Gasteiger charge is -2.23. The minimum atomic E-state index is -0.104. The third-order valence-corrected chi connectivity index (χ3v) is 15.3. The van der Waals surface area contributed by atoms with Crippen molar-refractivity contribution in [3.05, 3.63) is 223 Å². The highest BCUT2D eigenvalue weighted by atomic mass is 16.3. The van der Waals surface area contributed by atoms with Crippen LogP contribution in [0.2, 0.25) is 0 Å². The van der Waals surface area contributed by atoms with Gasteiger partial charge < -0.3 is 8.98 Å². The third kappa shape index (κ3) is 5.05. The molecule has 2 heterocycles. The summed E-state index contributed by atoms with van der Waals surface area (Å²) >= 11 is 0. The molecule has 0 atom stereocenters. The van der Waals surface area contributed by atoms with E-state index in [9.17, 15) is 0 Å². The van der Waals surface area contributed by atoms with E-state index in [4.69, 9.17) is 4.42 Å². The van der Waals surface area contributed by atoms with Gasteiger partial charge in [0.1, 0.15) is 11.2 Å². The minimum absolute atomic E-state index is 0.104. The summed E-state index contributed by atoms with van der Waals surface area (Å²) in [6.07, 6.45) is 0. The maximum Gasteiger partial charge on any atom is 0.135 e. The van der Waals surface area contributed by atoms with Crippen LogP contribution in [0.15, 0.2) is 217 Å². The highest BCUT2D eigenvalue weighted by Gasteiger charge is 2.37. The number of benzene rings is 12. The van der Waals surface area contributed by atoms with Crippen molar-refractivity contribution in [1.82, 2.24) is 4.57 Å². The maximum atomic E-state index is 6.57. The van der Waals surface area contributed by atoms with Gasteiger partial charge in [0.15, 0.2) is 0 Å². The van der Waals surface area contributed by atoms with Gasteiger partial charge in [0.05, 0.1) is 11.0 Å². The van der Waals surface area contributed by atoms with Crippen LogP contribution in [0.3, 0.4) is 0 Å². The molecule has 0 fully saturated rings. The molecule has 12 aromatic carbocycles. The van der Waals surface area contributed by atoms with Crippen molar-refractivity contribution in [2.75, 3.05) is 0 Å². The summed E-state index contributed by atoms with van der Waals surface area (Å²) in [6.45, 7) is 4.74. The van der Waals surface area contributed by atoms with Gasteiger partial charge in [-0.2, -0.15) is 0 Å². The van der Waals surface area contributed by atoms with Crippen molar-refractivity contribution in [3.63, 3.8) is 0 Å². The molecule has 2 heteroatoms. The average Bonchev–Trinajstić information content (AvgIpc) is 3.99. The molecule has 2 aromatic heterocycles. The van der Waals surface area contributed by atoms with Gasteiger partial charge in [0.25, 0.3) is 0 Å². The van der Waals surface area contributed by atoms with Crippen LogP contribution >= 0.6 is 0 Å². The lowest BCUT2D eigenvalue weighted by atomic mass is 9.80. The summed E-state index contributed by atoms with van der Waals surface area (Å²) in [5.74, 6) is 0. The molecule has 2 nitrogen and oxygen atoms in total. The zero-order valence-electron chi connectivity index (χ0n) is 37.1. The first-order valence-electron chi connectivity index (χ1n) is 23.4. The van der Waals surface area contributed by atoms with E-state index >= 15 is 0 Å². The van der Waals surface area contributed by atoms with Gasteiger partial charge in [-0.1, -0.05) is 166 Å². The van der Waals surface area contributed by atoms with Crippen molar-refractivity contribution in [2.45, 2.75) is 19.3 Å². The van der Waals surface area contributed by atoms with E-state index in [0.717, 1.165) is 27.6 Å². The van der Waals surface area contributed by atoms with Crippen LogP contribution in [0.5, 0.6) is 0 Å². The van der Waals surface area contributed by atoms with E-state index in [2.05, 4.69) is 231 Å². The van der Waals surface area contributed by atoms with Gasteiger partial charge in [-0.3, -0.25) is 0 Å². The predicted octanol–water partition coefficient (Wildman–Crippen LogP) is 18.1. The molecule has 0 saturated heterocycles. The minimum Gasteiger partial charge on any atom is -0.456 e. The smallest absolute Gasteiger partial charge is 0.135 e. The van der Waals surface area contributed by atoms with Crippen LogP contribution in [0.4, 0.5) is 0 Å². The van der Waals surface area contributed by atoms with E-state index in [1.807, 2.05) is 0 Å². The second kappa shape index (κ2) is 13.3. The largest absolute Gasteiger partial charge is 0.456 e. The molecule has 0 spiro atoms. The van der Waals surface area contributed by atoms with Crippen molar-refractivity contribution in [3.8, 4) is 39.1 Å². The zero-order chi connectivity index (χ0) is 44.1. The highest BCUT2D eigenvalue weighted by molar-refractivity contribution is 6.34. The Hall–Kier alpha value is -8.46. The van der Waals surface area contributed by atoms with Gasteiger partial charge in [-0.05, 0) is 154 Å². The molecular formula is C65H41NO. The second-order valence-corrected chi connectivity index (χ2v) is 19.2. The standard InChI is InChI=1S/C65H41NO/c1-65(2)57-23-13-12-22-51(57)62-47-20-10-8-18-44(47)52(37-58(62)65)42-26-31-61-56(35-42)55-34-41(25-30-60(55)67-61)40-24-27-46-49-28-29-50-54-33-38-14-6-7-15-39(38)36-59(54)66(43-16-4-3-5-17-43)64(50)63(49)48-21-11-9-19-45(48)53(46)32-40/h3-37H,1-2H3. The molecule has 1 aliphatic carbocycles. The van der Waals surface area contributed by atoms with Crippen LogP contribution in [0.1, 0.15) is 25.0 Å². The molecule has 0 N–H and O–H groups in total. The summed E-state index contributed by atoms with van der Waals surface area (Å²) in [5, 5.41) is 17.4. The molecule has 0 unspecified atom stereocenters. The number of rotatable bonds is 3. The van der Waals surface area contributed by atoms with Gasteiger partial charge >= 0.3 is 0 Å². The van der Waals surface area contributed by atoms with Crippen LogP contribution in [0.25, 0.3) is 137 Å². The van der Waals surface area contributed by atoms with Crippen molar-refractivity contribution >= 4 is 97.6 Å². The van der Waals surface area contributed by atoms with Gasteiger partial charge in [0.2, 0.25) is 0 Å². The van der Waals surface area contributed by atoms with Crippen LogP contribution in [-0.4, -0.2) is 4.57 Å². The number of furan rings is 1. The number of fused-ring (bicyclic) bond motifs is 19. The maximum absolute atomic E-state index is 6.57.